The monoisotopic (exact) mass is 608 g/mol. The molecule has 0 bridgehead atoms. The largest absolute Gasteiger partial charge is 0.472 e. The number of hydrogen-bond donors (Lipinski definition) is 1. The number of aliphatic hydroxyl groups is 1. The Morgan fingerprint density at radius 1 is 1.05 bits per heavy atom. The van der Waals surface area contributed by atoms with Gasteiger partial charge < -0.3 is 38.3 Å². The van der Waals surface area contributed by atoms with Crippen LogP contribution in [0.3, 0.4) is 0 Å². The van der Waals surface area contributed by atoms with Crippen LogP contribution in [0, 0.1) is 28.6 Å². The molecule has 5 rings (SSSR count). The fourth-order valence-electron chi connectivity index (χ4n) is 8.54. The average molecular weight is 609 g/mol. The molecule has 12 nitrogen and oxygen atoms in total. The topological polar surface area (TPSA) is 153 Å². The van der Waals surface area contributed by atoms with Gasteiger partial charge in [0, 0.05) is 32.1 Å². The van der Waals surface area contributed by atoms with Crippen LogP contribution in [0.15, 0.2) is 12.3 Å². The predicted molar refractivity (Wildman–Crippen MR) is 147 cm³/mol. The molecule has 2 saturated heterocycles. The molecule has 6 unspecified atom stereocenters. The zero-order valence-electron chi connectivity index (χ0n) is 26.0. The first-order chi connectivity index (χ1) is 20.1. The summed E-state index contributed by atoms with van der Waals surface area (Å²) in [5.74, 6) is -2.90. The van der Waals surface area contributed by atoms with Crippen molar-refractivity contribution in [3.05, 3.63) is 12.3 Å². The SMILES string of the molecule is CCC(C)(OC(C)=O)C(=O)OC1C(O)C[C@H]2[C@](C)(C3C[C@H]4C=COC4O3)[C@@H](C)CC(OC(C)=O)[C@@]23CO[C@]13COC(C)=O. The van der Waals surface area contributed by atoms with E-state index in [1.165, 1.54) is 27.7 Å². The van der Waals surface area contributed by atoms with Gasteiger partial charge in [-0.1, -0.05) is 20.8 Å². The Balaban J connectivity index is 1.60. The van der Waals surface area contributed by atoms with E-state index < -0.39 is 70.5 Å². The van der Waals surface area contributed by atoms with E-state index >= 15 is 0 Å². The van der Waals surface area contributed by atoms with Gasteiger partial charge in [-0.15, -0.1) is 0 Å². The molecule has 12 atom stereocenters. The molecule has 0 aromatic rings. The summed E-state index contributed by atoms with van der Waals surface area (Å²) in [6.45, 7) is 10.9. The summed E-state index contributed by atoms with van der Waals surface area (Å²) in [5.41, 5.74) is -4.76. The molecule has 43 heavy (non-hydrogen) atoms. The third kappa shape index (κ3) is 4.75. The molecule has 0 aromatic carbocycles. The number of ether oxygens (including phenoxy) is 7. The number of hydrogen-bond acceptors (Lipinski definition) is 12. The number of carbonyl (C=O) groups excluding carboxylic acids is 4. The van der Waals surface area contributed by atoms with Crippen molar-refractivity contribution in [1.29, 1.82) is 0 Å². The Morgan fingerprint density at radius 2 is 1.77 bits per heavy atom. The summed E-state index contributed by atoms with van der Waals surface area (Å²) in [4.78, 5) is 50.2. The van der Waals surface area contributed by atoms with Gasteiger partial charge in [0.25, 0.3) is 0 Å². The number of carbonyl (C=O) groups is 4. The molecule has 0 amide bonds. The maximum absolute atomic E-state index is 13.6. The molecule has 0 aromatic heterocycles. The molecule has 12 heteroatoms. The first-order valence-corrected chi connectivity index (χ1v) is 15.2. The summed E-state index contributed by atoms with van der Waals surface area (Å²) in [5, 5.41) is 11.8. The van der Waals surface area contributed by atoms with Crippen LogP contribution in [0.1, 0.15) is 74.1 Å². The van der Waals surface area contributed by atoms with Crippen LogP contribution in [-0.4, -0.2) is 84.1 Å². The van der Waals surface area contributed by atoms with Gasteiger partial charge >= 0.3 is 23.9 Å². The van der Waals surface area contributed by atoms with E-state index in [1.54, 1.807) is 13.2 Å². The van der Waals surface area contributed by atoms with E-state index in [0.717, 1.165) is 0 Å². The molecule has 1 spiro atoms. The lowest BCUT2D eigenvalue weighted by Gasteiger charge is -2.74. The first kappa shape index (κ1) is 31.7. The number of fused-ring (bicyclic) bond motifs is 1. The molecular formula is C31H44O12. The molecule has 2 aliphatic carbocycles. The van der Waals surface area contributed by atoms with E-state index in [9.17, 15) is 24.3 Å². The highest BCUT2D eigenvalue weighted by Gasteiger charge is 2.81. The summed E-state index contributed by atoms with van der Waals surface area (Å²) in [6.07, 6.45) is 1.17. The average Bonchev–Trinajstić information content (AvgIpc) is 3.52. The van der Waals surface area contributed by atoms with Crippen molar-refractivity contribution in [2.45, 2.75) is 116 Å². The molecule has 0 radical (unpaired) electrons. The number of rotatable bonds is 8. The van der Waals surface area contributed by atoms with Crippen LogP contribution in [0.25, 0.3) is 0 Å². The van der Waals surface area contributed by atoms with Crippen LogP contribution in [0.4, 0.5) is 0 Å². The van der Waals surface area contributed by atoms with Crippen molar-refractivity contribution >= 4 is 23.9 Å². The Kier molecular flexibility index (Phi) is 8.13. The Labute approximate surface area is 251 Å². The highest BCUT2D eigenvalue weighted by molar-refractivity contribution is 5.82. The second-order valence-corrected chi connectivity index (χ2v) is 13.3. The fourth-order valence-corrected chi connectivity index (χ4v) is 8.54. The highest BCUT2D eigenvalue weighted by Crippen LogP contribution is 2.71. The van der Waals surface area contributed by atoms with Crippen LogP contribution in [0.5, 0.6) is 0 Å². The lowest BCUT2D eigenvalue weighted by atomic mass is 9.38. The van der Waals surface area contributed by atoms with Gasteiger partial charge in [0.05, 0.1) is 30.5 Å². The van der Waals surface area contributed by atoms with Crippen LogP contribution in [-0.2, 0) is 52.3 Å². The minimum Gasteiger partial charge on any atom is -0.472 e. The Hall–Kier alpha value is -2.70. The smallest absolute Gasteiger partial charge is 0.350 e. The van der Waals surface area contributed by atoms with Crippen LogP contribution < -0.4 is 0 Å². The molecular weight excluding hydrogens is 564 g/mol. The van der Waals surface area contributed by atoms with E-state index in [4.69, 9.17) is 33.2 Å². The van der Waals surface area contributed by atoms with E-state index in [0.29, 0.717) is 12.8 Å². The zero-order chi connectivity index (χ0) is 31.5. The minimum absolute atomic E-state index is 0.0223. The van der Waals surface area contributed by atoms with Crippen molar-refractivity contribution < 1.29 is 57.4 Å². The lowest BCUT2D eigenvalue weighted by molar-refractivity contribution is -0.417. The van der Waals surface area contributed by atoms with Crippen molar-refractivity contribution in [1.82, 2.24) is 0 Å². The molecule has 3 heterocycles. The second kappa shape index (κ2) is 11.0. The first-order valence-electron chi connectivity index (χ1n) is 15.2. The normalized spacial score (nSPS) is 43.9. The van der Waals surface area contributed by atoms with Gasteiger partial charge in [-0.25, -0.2) is 4.79 Å². The van der Waals surface area contributed by atoms with E-state index in [2.05, 4.69) is 13.8 Å². The van der Waals surface area contributed by atoms with Crippen LogP contribution >= 0.6 is 0 Å². The highest BCUT2D eigenvalue weighted by atomic mass is 16.7. The third-order valence-electron chi connectivity index (χ3n) is 11.1. The van der Waals surface area contributed by atoms with Gasteiger partial charge in [-0.2, -0.15) is 0 Å². The lowest BCUT2D eigenvalue weighted by Crippen LogP contribution is -2.85. The van der Waals surface area contributed by atoms with Gasteiger partial charge in [0.1, 0.15) is 12.7 Å². The van der Waals surface area contributed by atoms with Crippen molar-refractivity contribution in [2.75, 3.05) is 13.2 Å². The van der Waals surface area contributed by atoms with Crippen molar-refractivity contribution in [3.8, 4) is 0 Å². The van der Waals surface area contributed by atoms with Gasteiger partial charge in [-0.3, -0.25) is 14.4 Å². The molecule has 1 N–H and O–H groups in total. The summed E-state index contributed by atoms with van der Waals surface area (Å²) >= 11 is 0. The molecule has 2 saturated carbocycles. The standard InChI is InChI=1S/C31H44O12/c1-8-28(6,43-19(5)34)27(36)42-25-21(35)13-22-29(7,23-12-20-9-10-37-26(20)41-23)16(2)11-24(40-18(4)33)30(22)14-39-31(25,30)15-38-17(3)32/h9-10,16,20-26,35H,8,11-15H2,1-7H3/t16-,20+,21?,22-,23?,24?,25?,26?,28?,29+,30+,31+/m0/s1. The van der Waals surface area contributed by atoms with Gasteiger partial charge in [0.2, 0.25) is 11.9 Å². The number of esters is 4. The summed E-state index contributed by atoms with van der Waals surface area (Å²) < 4.78 is 41.5. The van der Waals surface area contributed by atoms with Crippen molar-refractivity contribution in [2.24, 2.45) is 28.6 Å². The maximum Gasteiger partial charge on any atom is 0.350 e. The molecule has 5 aliphatic rings. The predicted octanol–water partition coefficient (Wildman–Crippen LogP) is 2.58. The third-order valence-corrected chi connectivity index (χ3v) is 11.1. The minimum atomic E-state index is -1.63. The molecule has 4 fully saturated rings. The Morgan fingerprint density at radius 3 is 2.33 bits per heavy atom. The van der Waals surface area contributed by atoms with E-state index in [1.807, 2.05) is 6.08 Å². The second-order valence-electron chi connectivity index (χ2n) is 13.3. The van der Waals surface area contributed by atoms with E-state index in [-0.39, 0.29) is 49.9 Å². The van der Waals surface area contributed by atoms with Crippen LogP contribution in [0.2, 0.25) is 0 Å². The van der Waals surface area contributed by atoms with Crippen molar-refractivity contribution in [3.63, 3.8) is 0 Å². The summed E-state index contributed by atoms with van der Waals surface area (Å²) in [6, 6.07) is 0. The number of aliphatic hydroxyl groups excluding tert-OH is 1. The molecule has 3 aliphatic heterocycles. The maximum atomic E-state index is 13.6. The quantitative estimate of drug-likeness (QED) is 0.318. The van der Waals surface area contributed by atoms with Gasteiger partial charge in [-0.05, 0) is 50.5 Å². The van der Waals surface area contributed by atoms with Gasteiger partial charge in [0.15, 0.2) is 11.7 Å². The fraction of sp³-hybridized carbons (Fsp3) is 0.806. The summed E-state index contributed by atoms with van der Waals surface area (Å²) in [7, 11) is 0. The Bertz CT molecular complexity index is 1190. The molecule has 240 valence electrons. The zero-order valence-corrected chi connectivity index (χ0v) is 26.0.